The van der Waals surface area contributed by atoms with E-state index in [1.165, 1.54) is 36.0 Å². The molecule has 1 N–H and O–H groups in total. The molecule has 0 spiro atoms. The molecule has 1 amide bonds. The zero-order valence-electron chi connectivity index (χ0n) is 17.1. The molecule has 0 saturated heterocycles. The van der Waals surface area contributed by atoms with E-state index in [0.29, 0.717) is 21.9 Å². The predicted molar refractivity (Wildman–Crippen MR) is 121 cm³/mol. The number of thioether (sulfide) groups is 1. The van der Waals surface area contributed by atoms with Crippen LogP contribution < -0.4 is 5.32 Å². The molecule has 0 aliphatic rings. The average molecular weight is 450 g/mol. The number of amides is 1. The molecule has 0 saturated carbocycles. The maximum absolute atomic E-state index is 13.4. The maximum Gasteiger partial charge on any atom is 0.271 e. The molecule has 9 heteroatoms. The summed E-state index contributed by atoms with van der Waals surface area (Å²) in [6.07, 6.45) is 0. The second-order valence-corrected chi connectivity index (χ2v) is 8.07. The lowest BCUT2D eigenvalue weighted by atomic mass is 10.1. The Kier molecular flexibility index (Phi) is 6.18. The van der Waals surface area contributed by atoms with Gasteiger partial charge in [-0.25, -0.2) is 9.37 Å². The van der Waals surface area contributed by atoms with Crippen LogP contribution >= 0.6 is 11.8 Å². The molecule has 3 aromatic carbocycles. The van der Waals surface area contributed by atoms with E-state index < -0.39 is 4.92 Å². The Bertz CT molecular complexity index is 1280. The summed E-state index contributed by atoms with van der Waals surface area (Å²) in [5, 5.41) is 14.6. The van der Waals surface area contributed by atoms with Crippen LogP contribution in [0.1, 0.15) is 18.5 Å². The van der Waals surface area contributed by atoms with Crippen molar-refractivity contribution in [1.82, 2.24) is 14.9 Å². The number of non-ortho nitro benzene ring substituents is 1. The Morgan fingerprint density at radius 2 is 1.88 bits per heavy atom. The van der Waals surface area contributed by atoms with E-state index in [-0.39, 0.29) is 29.2 Å². The summed E-state index contributed by atoms with van der Waals surface area (Å²) in [6, 6.07) is 19.7. The predicted octanol–water partition coefficient (Wildman–Crippen LogP) is 5.04. The Morgan fingerprint density at radius 1 is 1.16 bits per heavy atom. The number of fused-ring (bicyclic) bond motifs is 1. The molecule has 0 aliphatic heterocycles. The van der Waals surface area contributed by atoms with Gasteiger partial charge in [0.25, 0.3) is 5.69 Å². The Labute approximate surface area is 187 Å². The van der Waals surface area contributed by atoms with E-state index in [9.17, 15) is 19.3 Å². The number of carbonyl (C=O) groups is 1. The SMILES string of the molecule is C[C@H](NC(=O)CSc1nc2cc([N+](=O)[O-])ccc2n1-c1ccc(F)cc1)c1ccccc1. The lowest BCUT2D eigenvalue weighted by Crippen LogP contribution is -2.28. The molecule has 0 bridgehead atoms. The molecule has 4 aromatic rings. The number of nitrogens with zero attached hydrogens (tertiary/aromatic N) is 3. The fourth-order valence-electron chi connectivity index (χ4n) is 3.33. The molecule has 0 aliphatic carbocycles. The molecule has 32 heavy (non-hydrogen) atoms. The van der Waals surface area contributed by atoms with Gasteiger partial charge < -0.3 is 5.32 Å². The third-order valence-corrected chi connectivity index (χ3v) is 5.85. The van der Waals surface area contributed by atoms with Gasteiger partial charge in [-0.2, -0.15) is 0 Å². The van der Waals surface area contributed by atoms with Crippen molar-refractivity contribution in [3.05, 3.63) is 94.3 Å². The molecule has 4 rings (SSSR count). The highest BCUT2D eigenvalue weighted by Crippen LogP contribution is 2.30. The highest BCUT2D eigenvalue weighted by Gasteiger charge is 2.18. The number of imidazole rings is 1. The van der Waals surface area contributed by atoms with E-state index in [0.717, 1.165) is 5.56 Å². The first-order valence-corrected chi connectivity index (χ1v) is 10.8. The van der Waals surface area contributed by atoms with Gasteiger partial charge in [-0.3, -0.25) is 19.5 Å². The highest BCUT2D eigenvalue weighted by molar-refractivity contribution is 7.99. The molecule has 1 heterocycles. The topological polar surface area (TPSA) is 90.1 Å². The van der Waals surface area contributed by atoms with Crippen LogP contribution in [0.3, 0.4) is 0 Å². The minimum Gasteiger partial charge on any atom is -0.349 e. The first-order valence-electron chi connectivity index (χ1n) is 9.82. The summed E-state index contributed by atoms with van der Waals surface area (Å²) in [6.45, 7) is 1.91. The zero-order valence-corrected chi connectivity index (χ0v) is 17.9. The van der Waals surface area contributed by atoms with Crippen LogP contribution in [0.15, 0.2) is 78.0 Å². The van der Waals surface area contributed by atoms with Crippen LogP contribution in [-0.2, 0) is 4.79 Å². The minimum atomic E-state index is -0.485. The van der Waals surface area contributed by atoms with E-state index in [1.807, 2.05) is 37.3 Å². The van der Waals surface area contributed by atoms with Crippen molar-refractivity contribution >= 4 is 34.4 Å². The van der Waals surface area contributed by atoms with E-state index in [1.54, 1.807) is 22.8 Å². The quantitative estimate of drug-likeness (QED) is 0.242. The van der Waals surface area contributed by atoms with Crippen molar-refractivity contribution in [3.63, 3.8) is 0 Å². The van der Waals surface area contributed by atoms with Gasteiger partial charge in [-0.05, 0) is 42.8 Å². The van der Waals surface area contributed by atoms with Gasteiger partial charge in [0.15, 0.2) is 5.16 Å². The number of benzene rings is 3. The van der Waals surface area contributed by atoms with Crippen LogP contribution in [0.5, 0.6) is 0 Å². The monoisotopic (exact) mass is 450 g/mol. The van der Waals surface area contributed by atoms with E-state index in [4.69, 9.17) is 0 Å². The van der Waals surface area contributed by atoms with Crippen LogP contribution in [0.4, 0.5) is 10.1 Å². The van der Waals surface area contributed by atoms with Crippen LogP contribution in [0, 0.1) is 15.9 Å². The van der Waals surface area contributed by atoms with Gasteiger partial charge in [0.05, 0.1) is 27.8 Å². The zero-order chi connectivity index (χ0) is 22.7. The number of carbonyl (C=O) groups excluding carboxylic acids is 1. The fraction of sp³-hybridized carbons (Fsp3) is 0.130. The number of nitro groups is 1. The normalized spacial score (nSPS) is 11.9. The molecule has 0 fully saturated rings. The second kappa shape index (κ2) is 9.19. The van der Waals surface area contributed by atoms with Crippen LogP contribution in [0.2, 0.25) is 0 Å². The fourth-order valence-corrected chi connectivity index (χ4v) is 4.17. The first-order chi connectivity index (χ1) is 15.4. The number of rotatable bonds is 7. The molecule has 0 radical (unpaired) electrons. The molecule has 0 unspecified atom stereocenters. The largest absolute Gasteiger partial charge is 0.349 e. The standard InChI is InChI=1S/C23H19FN4O3S/c1-15(16-5-3-2-4-6-16)25-22(29)14-32-23-26-20-13-19(28(30)31)11-12-21(20)27(23)18-9-7-17(24)8-10-18/h2-13,15H,14H2,1H3,(H,25,29)/t15-/m0/s1. The third kappa shape index (κ3) is 4.62. The number of hydrogen-bond acceptors (Lipinski definition) is 5. The lowest BCUT2D eigenvalue weighted by Gasteiger charge is -2.14. The number of nitro benzene ring substituents is 1. The van der Waals surface area contributed by atoms with Crippen molar-refractivity contribution in [1.29, 1.82) is 0 Å². The van der Waals surface area contributed by atoms with Gasteiger partial charge in [0.2, 0.25) is 5.91 Å². The number of aromatic nitrogens is 2. The first kappa shape index (κ1) is 21.5. The van der Waals surface area contributed by atoms with E-state index in [2.05, 4.69) is 10.3 Å². The summed E-state index contributed by atoms with van der Waals surface area (Å²) >= 11 is 1.21. The summed E-state index contributed by atoms with van der Waals surface area (Å²) in [5.41, 5.74) is 2.61. The van der Waals surface area contributed by atoms with Crippen molar-refractivity contribution in [2.45, 2.75) is 18.1 Å². The van der Waals surface area contributed by atoms with Gasteiger partial charge in [-0.1, -0.05) is 42.1 Å². The lowest BCUT2D eigenvalue weighted by molar-refractivity contribution is -0.384. The average Bonchev–Trinajstić information content (AvgIpc) is 3.16. The van der Waals surface area contributed by atoms with Gasteiger partial charge in [0, 0.05) is 17.8 Å². The highest BCUT2D eigenvalue weighted by atomic mass is 32.2. The van der Waals surface area contributed by atoms with Crippen LogP contribution in [0.25, 0.3) is 16.7 Å². The van der Waals surface area contributed by atoms with Crippen molar-refractivity contribution in [2.75, 3.05) is 5.75 Å². The Hall–Kier alpha value is -3.72. The molecule has 162 valence electrons. The molecule has 1 atom stereocenters. The summed E-state index contributed by atoms with van der Waals surface area (Å²) < 4.78 is 15.2. The smallest absolute Gasteiger partial charge is 0.271 e. The van der Waals surface area contributed by atoms with Gasteiger partial charge in [-0.15, -0.1) is 0 Å². The van der Waals surface area contributed by atoms with Crippen molar-refractivity contribution < 1.29 is 14.1 Å². The molecule has 1 aromatic heterocycles. The van der Waals surface area contributed by atoms with Gasteiger partial charge >= 0.3 is 0 Å². The molecule has 7 nitrogen and oxygen atoms in total. The second-order valence-electron chi connectivity index (χ2n) is 7.12. The Balaban J connectivity index is 1.60. The van der Waals surface area contributed by atoms with Crippen LogP contribution in [-0.4, -0.2) is 26.1 Å². The molecular formula is C23H19FN4O3S. The number of halogens is 1. The number of nitrogens with one attached hydrogen (secondary N) is 1. The minimum absolute atomic E-state index is 0.0766. The third-order valence-electron chi connectivity index (χ3n) is 4.91. The van der Waals surface area contributed by atoms with Crippen molar-refractivity contribution in [2.24, 2.45) is 0 Å². The summed E-state index contributed by atoms with van der Waals surface area (Å²) in [7, 11) is 0. The summed E-state index contributed by atoms with van der Waals surface area (Å²) in [4.78, 5) is 27.7. The molecular weight excluding hydrogens is 431 g/mol. The summed E-state index contributed by atoms with van der Waals surface area (Å²) in [5.74, 6) is -0.448. The maximum atomic E-state index is 13.4. The van der Waals surface area contributed by atoms with Gasteiger partial charge in [0.1, 0.15) is 5.82 Å². The van der Waals surface area contributed by atoms with E-state index >= 15 is 0 Å². The number of hydrogen-bond donors (Lipinski definition) is 1. The Morgan fingerprint density at radius 3 is 2.56 bits per heavy atom. The van der Waals surface area contributed by atoms with Crippen molar-refractivity contribution in [3.8, 4) is 5.69 Å².